The minimum atomic E-state index is -3.97. The predicted octanol–water partition coefficient (Wildman–Crippen LogP) is 7.23. The molecule has 2 heterocycles. The molecule has 2 saturated heterocycles. The fraction of sp³-hybridized carbons (Fsp3) is 0.833. The van der Waals surface area contributed by atoms with Crippen molar-refractivity contribution >= 4 is 27.6 Å². The third-order valence-corrected chi connectivity index (χ3v) is 18.7. The third-order valence-electron chi connectivity index (χ3n) is 17.2. The number of halogens is 1. The van der Waals surface area contributed by atoms with Gasteiger partial charge in [-0.2, -0.15) is 8.42 Å². The van der Waals surface area contributed by atoms with Gasteiger partial charge in [0.2, 0.25) is 5.91 Å². The van der Waals surface area contributed by atoms with Crippen molar-refractivity contribution in [1.82, 2.24) is 4.90 Å². The number of hydrogen-bond donors (Lipinski definition) is 1. The van der Waals surface area contributed by atoms with Crippen LogP contribution in [-0.2, 0) is 33.3 Å². The topological polar surface area (TPSA) is 112 Å². The van der Waals surface area contributed by atoms with E-state index in [1.54, 1.807) is 12.1 Å². The van der Waals surface area contributed by atoms with E-state index >= 15 is 0 Å². The molecular weight excluding hydrogens is 714 g/mol. The first kappa shape index (κ1) is 37.3. The summed E-state index contributed by atoms with van der Waals surface area (Å²) >= 11 is 5.98. The van der Waals surface area contributed by atoms with Crippen LogP contribution in [-0.4, -0.2) is 81.3 Å². The fourth-order valence-electron chi connectivity index (χ4n) is 14.4. The summed E-state index contributed by atoms with van der Waals surface area (Å²) in [6.07, 6.45) is 9.90. The zero-order chi connectivity index (χ0) is 37.3. The van der Waals surface area contributed by atoms with Gasteiger partial charge in [-0.25, -0.2) is 0 Å². The molecule has 53 heavy (non-hydrogen) atoms. The summed E-state index contributed by atoms with van der Waals surface area (Å²) in [7, 11) is -3.97. The molecule has 1 aromatic rings. The number of nitrogens with zero attached hydrogens (tertiary/aromatic N) is 1. The van der Waals surface area contributed by atoms with Crippen molar-refractivity contribution in [2.45, 2.75) is 141 Å². The van der Waals surface area contributed by atoms with E-state index in [1.807, 2.05) is 4.90 Å². The number of benzene rings is 1. The molecule has 9 nitrogen and oxygen atoms in total. The molecule has 0 radical (unpaired) electrons. The van der Waals surface area contributed by atoms with Crippen LogP contribution in [0, 0.1) is 56.7 Å². The summed E-state index contributed by atoms with van der Waals surface area (Å²) in [5.41, 5.74) is 0.0549. The van der Waals surface area contributed by atoms with E-state index in [4.69, 9.17) is 30.0 Å². The zero-order valence-corrected chi connectivity index (χ0v) is 33.8. The molecule has 2 aliphatic heterocycles. The van der Waals surface area contributed by atoms with Gasteiger partial charge in [0.1, 0.15) is 0 Å². The summed E-state index contributed by atoms with van der Waals surface area (Å²) in [4.78, 5) is 15.0. The third kappa shape index (κ3) is 5.52. The monoisotopic (exact) mass is 773 g/mol. The summed E-state index contributed by atoms with van der Waals surface area (Å²) < 4.78 is 51.3. The van der Waals surface area contributed by atoms with Gasteiger partial charge in [0.25, 0.3) is 10.1 Å². The average molecular weight is 774 g/mol. The number of hydrogen-bond acceptors (Lipinski definition) is 8. The van der Waals surface area contributed by atoms with Crippen LogP contribution >= 0.6 is 11.6 Å². The van der Waals surface area contributed by atoms with Gasteiger partial charge in [0.15, 0.2) is 6.29 Å². The number of ether oxygens (including phenoxy) is 3. The largest absolute Gasteiger partial charge is 0.390 e. The van der Waals surface area contributed by atoms with E-state index in [0.29, 0.717) is 55.3 Å². The molecule has 8 aliphatic rings. The van der Waals surface area contributed by atoms with E-state index in [9.17, 15) is 18.3 Å². The number of aliphatic hydroxyl groups is 1. The molecule has 4 unspecified atom stereocenters. The van der Waals surface area contributed by atoms with Crippen molar-refractivity contribution in [2.24, 2.45) is 56.7 Å². The van der Waals surface area contributed by atoms with Crippen molar-refractivity contribution < 1.29 is 36.7 Å². The van der Waals surface area contributed by atoms with Gasteiger partial charge >= 0.3 is 0 Å². The van der Waals surface area contributed by atoms with Gasteiger partial charge in [0, 0.05) is 23.4 Å². The lowest BCUT2D eigenvalue weighted by Gasteiger charge is -2.64. The second kappa shape index (κ2) is 12.6. The van der Waals surface area contributed by atoms with Gasteiger partial charge < -0.3 is 24.2 Å². The quantitative estimate of drug-likeness (QED) is 0.276. The lowest BCUT2D eigenvalue weighted by molar-refractivity contribution is -0.248. The Morgan fingerprint density at radius 2 is 1.72 bits per heavy atom. The van der Waals surface area contributed by atoms with Crippen LogP contribution in [0.15, 0.2) is 29.2 Å². The highest BCUT2D eigenvalue weighted by atomic mass is 35.5. The van der Waals surface area contributed by atoms with Crippen LogP contribution in [0.5, 0.6) is 0 Å². The Bertz CT molecular complexity index is 1720. The van der Waals surface area contributed by atoms with E-state index in [-0.39, 0.29) is 74.8 Å². The van der Waals surface area contributed by atoms with Crippen molar-refractivity contribution in [3.05, 3.63) is 29.3 Å². The van der Waals surface area contributed by atoms with Crippen LogP contribution in [0.1, 0.15) is 105 Å². The van der Waals surface area contributed by atoms with Gasteiger partial charge in [-0.1, -0.05) is 46.2 Å². The van der Waals surface area contributed by atoms with E-state index in [2.05, 4.69) is 34.6 Å². The van der Waals surface area contributed by atoms with Crippen molar-refractivity contribution in [3.8, 4) is 0 Å². The highest BCUT2D eigenvalue weighted by Crippen LogP contribution is 2.89. The van der Waals surface area contributed by atoms with E-state index in [0.717, 1.165) is 32.1 Å². The molecule has 294 valence electrons. The molecule has 8 fully saturated rings. The Labute approximate surface area is 321 Å². The fourth-order valence-corrected chi connectivity index (χ4v) is 15.4. The molecule has 0 bridgehead atoms. The number of fused-ring (bicyclic) bond motifs is 4. The summed E-state index contributed by atoms with van der Waals surface area (Å²) in [6, 6.07) is 6.01. The van der Waals surface area contributed by atoms with Gasteiger partial charge in [-0.3, -0.25) is 8.98 Å². The highest BCUT2D eigenvalue weighted by Gasteiger charge is 2.84. The first-order valence-corrected chi connectivity index (χ1v) is 22.4. The molecule has 9 rings (SSSR count). The number of carbonyl (C=O) groups excluding carboxylic acids is 1. The normalized spacial score (nSPS) is 47.1. The lowest BCUT2D eigenvalue weighted by atomic mass is 9.41. The number of morpholine rings is 1. The minimum absolute atomic E-state index is 0.0303. The average Bonchev–Trinajstić information content (AvgIpc) is 4.04. The van der Waals surface area contributed by atoms with Gasteiger partial charge in [0.05, 0.1) is 49.1 Å². The second-order valence-electron chi connectivity index (χ2n) is 19.7. The Morgan fingerprint density at radius 1 is 1.00 bits per heavy atom. The smallest absolute Gasteiger partial charge is 0.297 e. The Balaban J connectivity index is 0.898. The summed E-state index contributed by atoms with van der Waals surface area (Å²) in [5, 5.41) is 13.0. The van der Waals surface area contributed by atoms with Crippen LogP contribution in [0.4, 0.5) is 0 Å². The maximum absolute atomic E-state index is 13.0. The Hall–Kier alpha value is -1.27. The SMILES string of the molecule is C[C@@H]1CC(COS(=O)(=O)c2ccc(Cl)cc2)OC2[C@H]1[C@@]1(C)CCC34C[C@@]35CC[C@H](O[C@H]3CN(C(=O)CC6CC6)CCO3)C(C)(C)[C@@H]5CCC4[C@]1(C)[C@H]2O. The van der Waals surface area contributed by atoms with E-state index < -0.39 is 22.3 Å². The molecule has 11 heteroatoms. The van der Waals surface area contributed by atoms with Crippen LogP contribution < -0.4 is 0 Å². The standard InChI is InChI=1S/C42H60ClNO8S/c1-25-20-28(23-50-53(47,48)29-10-8-27(43)9-11-29)51-36-35(25)39(4)16-17-42-24-41(42)15-14-32(38(2,3)30(41)12-13-31(42)40(39,5)37(36)46)52-34-22-44(18-19-49-34)33(45)21-26-6-7-26/h8-11,25-26,28,30-32,34-37,46H,6-7,12-24H2,1-5H3/t25-,28?,30+,31?,32+,34+,35+,36?,37+,39-,40-,41-,42?/m1/s1. The van der Waals surface area contributed by atoms with Gasteiger partial charge in [-0.05, 0) is 140 Å². The molecular formula is C42H60ClNO8S. The molecule has 6 aliphatic carbocycles. The number of aliphatic hydroxyl groups excluding tert-OH is 1. The Kier molecular flexibility index (Phi) is 8.88. The number of carbonyl (C=O) groups is 1. The van der Waals surface area contributed by atoms with Crippen molar-refractivity contribution in [1.29, 1.82) is 0 Å². The van der Waals surface area contributed by atoms with Crippen LogP contribution in [0.3, 0.4) is 0 Å². The van der Waals surface area contributed by atoms with Crippen molar-refractivity contribution in [2.75, 3.05) is 26.3 Å². The first-order chi connectivity index (χ1) is 25.1. The number of rotatable bonds is 8. The van der Waals surface area contributed by atoms with Gasteiger partial charge in [-0.15, -0.1) is 0 Å². The summed E-state index contributed by atoms with van der Waals surface area (Å²) in [5.74, 6) is 2.23. The maximum Gasteiger partial charge on any atom is 0.297 e. The molecule has 2 spiro atoms. The minimum Gasteiger partial charge on any atom is -0.390 e. The molecule has 1 amide bonds. The first-order valence-electron chi connectivity index (χ1n) is 20.6. The predicted molar refractivity (Wildman–Crippen MR) is 199 cm³/mol. The summed E-state index contributed by atoms with van der Waals surface area (Å²) in [6.45, 7) is 13.6. The van der Waals surface area contributed by atoms with Crippen molar-refractivity contribution in [3.63, 3.8) is 0 Å². The highest BCUT2D eigenvalue weighted by molar-refractivity contribution is 7.86. The molecule has 1 aromatic carbocycles. The molecule has 13 atom stereocenters. The zero-order valence-electron chi connectivity index (χ0n) is 32.2. The Morgan fingerprint density at radius 3 is 2.45 bits per heavy atom. The molecule has 1 N–H and O–H groups in total. The lowest BCUT2D eigenvalue weighted by Crippen LogP contribution is -2.60. The molecule has 0 aromatic heterocycles. The van der Waals surface area contributed by atoms with Crippen LogP contribution in [0.2, 0.25) is 5.02 Å². The number of amides is 1. The van der Waals surface area contributed by atoms with E-state index in [1.165, 1.54) is 37.8 Å². The molecule has 6 saturated carbocycles. The maximum atomic E-state index is 13.0. The van der Waals surface area contributed by atoms with Crippen LogP contribution in [0.25, 0.3) is 0 Å². The second-order valence-corrected chi connectivity index (χ2v) is 21.8.